The molecule has 1 aromatic rings. The van der Waals surface area contributed by atoms with Crippen molar-refractivity contribution in [2.75, 3.05) is 13.2 Å². The van der Waals surface area contributed by atoms with Crippen LogP contribution in [-0.2, 0) is 4.74 Å². The molecule has 0 heterocycles. The summed E-state index contributed by atoms with van der Waals surface area (Å²) < 4.78 is 5.66. The molecule has 0 bridgehead atoms. The molecule has 1 saturated carbocycles. The van der Waals surface area contributed by atoms with Gasteiger partial charge in [0.1, 0.15) is 0 Å². The lowest BCUT2D eigenvalue weighted by Gasteiger charge is -2.28. The van der Waals surface area contributed by atoms with E-state index in [0.29, 0.717) is 0 Å². The van der Waals surface area contributed by atoms with Crippen molar-refractivity contribution in [1.82, 2.24) is 0 Å². The smallest absolute Gasteiger partial charge is 0.0494 e. The van der Waals surface area contributed by atoms with Gasteiger partial charge in [0.15, 0.2) is 0 Å². The summed E-state index contributed by atoms with van der Waals surface area (Å²) in [6, 6.07) is 11.0. The standard InChI is InChI=1S/C16H24O/c1-2-12-17-13-14-8-10-16(11-9-14)15-6-4-3-5-7-15/h3-7,14,16H,2,8-13H2,1H3. The van der Waals surface area contributed by atoms with E-state index in [2.05, 4.69) is 37.3 Å². The van der Waals surface area contributed by atoms with E-state index in [9.17, 15) is 0 Å². The highest BCUT2D eigenvalue weighted by atomic mass is 16.5. The Labute approximate surface area is 105 Å². The molecule has 2 rings (SSSR count). The molecular weight excluding hydrogens is 208 g/mol. The highest BCUT2D eigenvalue weighted by Crippen LogP contribution is 2.35. The second kappa shape index (κ2) is 6.80. The quantitative estimate of drug-likeness (QED) is 0.684. The summed E-state index contributed by atoms with van der Waals surface area (Å²) in [4.78, 5) is 0. The van der Waals surface area contributed by atoms with Crippen LogP contribution in [-0.4, -0.2) is 13.2 Å². The third-order valence-electron chi connectivity index (χ3n) is 3.82. The maximum Gasteiger partial charge on any atom is 0.0494 e. The average Bonchev–Trinajstić information content (AvgIpc) is 2.41. The number of ether oxygens (including phenoxy) is 1. The van der Waals surface area contributed by atoms with Gasteiger partial charge < -0.3 is 4.74 Å². The molecule has 0 N–H and O–H groups in total. The monoisotopic (exact) mass is 232 g/mol. The maximum absolute atomic E-state index is 5.66. The minimum atomic E-state index is 0.790. The fourth-order valence-electron chi connectivity index (χ4n) is 2.78. The Bertz CT molecular complexity index is 299. The van der Waals surface area contributed by atoms with E-state index >= 15 is 0 Å². The zero-order valence-electron chi connectivity index (χ0n) is 10.9. The van der Waals surface area contributed by atoms with Gasteiger partial charge in [-0.3, -0.25) is 0 Å². The third-order valence-corrected chi connectivity index (χ3v) is 3.82. The summed E-state index contributed by atoms with van der Waals surface area (Å²) in [5, 5.41) is 0. The number of rotatable bonds is 5. The van der Waals surface area contributed by atoms with Crippen molar-refractivity contribution in [3.05, 3.63) is 35.9 Å². The minimum Gasteiger partial charge on any atom is -0.381 e. The molecular formula is C16H24O. The van der Waals surface area contributed by atoms with Crippen LogP contribution in [0.2, 0.25) is 0 Å². The molecule has 17 heavy (non-hydrogen) atoms. The summed E-state index contributed by atoms with van der Waals surface area (Å²) >= 11 is 0. The molecule has 0 atom stereocenters. The van der Waals surface area contributed by atoms with Gasteiger partial charge in [0.05, 0.1) is 0 Å². The molecule has 1 nitrogen and oxygen atoms in total. The van der Waals surface area contributed by atoms with Crippen molar-refractivity contribution in [1.29, 1.82) is 0 Å². The Balaban J connectivity index is 1.74. The van der Waals surface area contributed by atoms with Crippen molar-refractivity contribution in [3.63, 3.8) is 0 Å². The Morgan fingerprint density at radius 1 is 1.06 bits per heavy atom. The highest BCUT2D eigenvalue weighted by Gasteiger charge is 2.22. The van der Waals surface area contributed by atoms with Gasteiger partial charge in [-0.05, 0) is 49.5 Å². The number of hydrogen-bond acceptors (Lipinski definition) is 1. The van der Waals surface area contributed by atoms with E-state index in [4.69, 9.17) is 4.74 Å². The van der Waals surface area contributed by atoms with E-state index < -0.39 is 0 Å². The number of hydrogen-bond donors (Lipinski definition) is 0. The third kappa shape index (κ3) is 3.85. The lowest BCUT2D eigenvalue weighted by atomic mass is 9.79. The van der Waals surface area contributed by atoms with E-state index in [-0.39, 0.29) is 0 Å². The Kier molecular flexibility index (Phi) is 5.06. The first-order valence-electron chi connectivity index (χ1n) is 7.03. The van der Waals surface area contributed by atoms with Crippen LogP contribution in [0.4, 0.5) is 0 Å². The molecule has 0 aliphatic heterocycles. The minimum absolute atomic E-state index is 0.790. The van der Waals surface area contributed by atoms with E-state index in [1.165, 1.54) is 31.2 Å². The molecule has 0 aromatic heterocycles. The predicted molar refractivity (Wildman–Crippen MR) is 72.3 cm³/mol. The van der Waals surface area contributed by atoms with Crippen LogP contribution >= 0.6 is 0 Å². The van der Waals surface area contributed by atoms with Crippen molar-refractivity contribution >= 4 is 0 Å². The van der Waals surface area contributed by atoms with Crippen molar-refractivity contribution in [3.8, 4) is 0 Å². The van der Waals surface area contributed by atoms with E-state index in [1.807, 2.05) is 0 Å². The van der Waals surface area contributed by atoms with Gasteiger partial charge in [-0.25, -0.2) is 0 Å². The Morgan fingerprint density at radius 2 is 1.76 bits per heavy atom. The van der Waals surface area contributed by atoms with Crippen LogP contribution in [0.25, 0.3) is 0 Å². The van der Waals surface area contributed by atoms with Crippen LogP contribution in [0.5, 0.6) is 0 Å². The molecule has 1 aliphatic carbocycles. The largest absolute Gasteiger partial charge is 0.381 e. The van der Waals surface area contributed by atoms with Crippen molar-refractivity contribution in [2.45, 2.75) is 44.9 Å². The molecule has 1 aliphatic rings. The second-order valence-electron chi connectivity index (χ2n) is 5.20. The molecule has 94 valence electrons. The van der Waals surface area contributed by atoms with Gasteiger partial charge in [0, 0.05) is 13.2 Å². The lowest BCUT2D eigenvalue weighted by molar-refractivity contribution is 0.0832. The number of benzene rings is 1. The molecule has 0 unspecified atom stereocenters. The second-order valence-corrected chi connectivity index (χ2v) is 5.20. The summed E-state index contributed by atoms with van der Waals surface area (Å²) in [6.45, 7) is 4.08. The van der Waals surface area contributed by atoms with Gasteiger partial charge in [-0.15, -0.1) is 0 Å². The fraction of sp³-hybridized carbons (Fsp3) is 0.625. The molecule has 0 spiro atoms. The first-order valence-corrected chi connectivity index (χ1v) is 7.03. The molecule has 0 amide bonds. The van der Waals surface area contributed by atoms with Crippen molar-refractivity contribution < 1.29 is 4.74 Å². The highest BCUT2D eigenvalue weighted by molar-refractivity contribution is 5.19. The first kappa shape index (κ1) is 12.6. The van der Waals surface area contributed by atoms with Crippen LogP contribution in [0.1, 0.15) is 50.5 Å². The Hall–Kier alpha value is -0.820. The first-order chi connectivity index (χ1) is 8.40. The SMILES string of the molecule is CCCOCC1CCC(c2ccccc2)CC1. The predicted octanol–water partition coefficient (Wildman–Crippen LogP) is 4.39. The molecule has 1 aromatic carbocycles. The topological polar surface area (TPSA) is 9.23 Å². The van der Waals surface area contributed by atoms with Crippen LogP contribution in [0, 0.1) is 5.92 Å². The zero-order valence-corrected chi connectivity index (χ0v) is 10.9. The van der Waals surface area contributed by atoms with Crippen LogP contribution < -0.4 is 0 Å². The Morgan fingerprint density at radius 3 is 2.41 bits per heavy atom. The molecule has 1 heteroatoms. The summed E-state index contributed by atoms with van der Waals surface area (Å²) in [5.74, 6) is 1.60. The van der Waals surface area contributed by atoms with Gasteiger partial charge >= 0.3 is 0 Å². The maximum atomic E-state index is 5.66. The average molecular weight is 232 g/mol. The van der Waals surface area contributed by atoms with E-state index in [0.717, 1.165) is 31.5 Å². The van der Waals surface area contributed by atoms with Crippen LogP contribution in [0.3, 0.4) is 0 Å². The van der Waals surface area contributed by atoms with Gasteiger partial charge in [0.25, 0.3) is 0 Å². The zero-order chi connectivity index (χ0) is 11.9. The normalized spacial score (nSPS) is 24.8. The summed E-state index contributed by atoms with van der Waals surface area (Å²) in [7, 11) is 0. The summed E-state index contributed by atoms with van der Waals surface area (Å²) in [5.41, 5.74) is 1.53. The van der Waals surface area contributed by atoms with Crippen molar-refractivity contribution in [2.24, 2.45) is 5.92 Å². The van der Waals surface area contributed by atoms with Gasteiger partial charge in [-0.2, -0.15) is 0 Å². The van der Waals surface area contributed by atoms with Gasteiger partial charge in [0.2, 0.25) is 0 Å². The molecule has 1 fully saturated rings. The molecule has 0 radical (unpaired) electrons. The summed E-state index contributed by atoms with van der Waals surface area (Å²) in [6.07, 6.45) is 6.49. The van der Waals surface area contributed by atoms with Gasteiger partial charge in [-0.1, -0.05) is 37.3 Å². The molecule has 0 saturated heterocycles. The van der Waals surface area contributed by atoms with Crippen LogP contribution in [0.15, 0.2) is 30.3 Å². The van der Waals surface area contributed by atoms with E-state index in [1.54, 1.807) is 0 Å². The lowest BCUT2D eigenvalue weighted by Crippen LogP contribution is -2.18. The fourth-order valence-corrected chi connectivity index (χ4v) is 2.78.